The van der Waals surface area contributed by atoms with Gasteiger partial charge in [0.15, 0.2) is 0 Å². The summed E-state index contributed by atoms with van der Waals surface area (Å²) in [5.41, 5.74) is 0.0620. The average Bonchev–Trinajstić information content (AvgIpc) is 2.46. The van der Waals surface area contributed by atoms with Crippen molar-refractivity contribution in [3.8, 4) is 0 Å². The number of hydrogen-bond donors (Lipinski definition) is 1. The number of aliphatic hydroxyl groups excluding tert-OH is 1. The van der Waals surface area contributed by atoms with Gasteiger partial charge in [-0.15, -0.1) is 0 Å². The van der Waals surface area contributed by atoms with Crippen LogP contribution >= 0.6 is 0 Å². The monoisotopic (exact) mass is 298 g/mol. The van der Waals surface area contributed by atoms with Gasteiger partial charge in [-0.25, -0.2) is 0 Å². The Morgan fingerprint density at radius 2 is 1.90 bits per heavy atom. The van der Waals surface area contributed by atoms with Crippen molar-refractivity contribution in [3.05, 3.63) is 0 Å². The van der Waals surface area contributed by atoms with Gasteiger partial charge in [-0.05, 0) is 18.3 Å². The van der Waals surface area contributed by atoms with Crippen LogP contribution in [0.1, 0.15) is 40.0 Å². The highest BCUT2D eigenvalue weighted by Gasteiger charge is 2.31. The van der Waals surface area contributed by atoms with Crippen LogP contribution in [-0.2, 0) is 9.53 Å². The van der Waals surface area contributed by atoms with Gasteiger partial charge in [0, 0.05) is 38.6 Å². The number of rotatable bonds is 3. The zero-order valence-corrected chi connectivity index (χ0v) is 13.7. The number of nitrogens with zero attached hydrogens (tertiary/aromatic N) is 2. The van der Waals surface area contributed by atoms with E-state index < -0.39 is 0 Å². The Bertz CT molecular complexity index is 346. The molecule has 0 bridgehead atoms. The molecule has 5 heteroatoms. The first-order chi connectivity index (χ1) is 9.89. The zero-order valence-electron chi connectivity index (χ0n) is 13.7. The Labute approximate surface area is 128 Å². The van der Waals surface area contributed by atoms with Gasteiger partial charge in [0.1, 0.15) is 0 Å². The summed E-state index contributed by atoms with van der Waals surface area (Å²) in [7, 11) is 0. The fourth-order valence-electron chi connectivity index (χ4n) is 3.23. The normalized spacial score (nSPS) is 26.1. The van der Waals surface area contributed by atoms with Crippen molar-refractivity contribution in [1.29, 1.82) is 0 Å². The maximum absolute atomic E-state index is 12.3. The van der Waals surface area contributed by atoms with E-state index in [4.69, 9.17) is 4.74 Å². The van der Waals surface area contributed by atoms with Crippen LogP contribution in [0.5, 0.6) is 0 Å². The van der Waals surface area contributed by atoms with Crippen LogP contribution in [0.4, 0.5) is 0 Å². The van der Waals surface area contributed by atoms with Crippen LogP contribution in [0.25, 0.3) is 0 Å². The number of morpholine rings is 1. The number of amides is 1. The van der Waals surface area contributed by atoms with E-state index in [1.165, 1.54) is 0 Å². The Balaban J connectivity index is 1.79. The Morgan fingerprint density at radius 3 is 2.48 bits per heavy atom. The fraction of sp³-hybridized carbons (Fsp3) is 0.938. The smallest absolute Gasteiger partial charge is 0.223 e. The molecule has 5 nitrogen and oxygen atoms in total. The second kappa shape index (κ2) is 7.07. The van der Waals surface area contributed by atoms with Crippen LogP contribution in [-0.4, -0.2) is 72.4 Å². The first-order valence-electron chi connectivity index (χ1n) is 8.13. The molecule has 0 spiro atoms. The molecule has 0 aromatic heterocycles. The van der Waals surface area contributed by atoms with Gasteiger partial charge in [0.25, 0.3) is 0 Å². The van der Waals surface area contributed by atoms with Crippen molar-refractivity contribution < 1.29 is 14.6 Å². The van der Waals surface area contributed by atoms with Crippen molar-refractivity contribution in [3.63, 3.8) is 0 Å². The molecule has 2 aliphatic heterocycles. The van der Waals surface area contributed by atoms with E-state index in [0.29, 0.717) is 19.1 Å². The highest BCUT2D eigenvalue weighted by Crippen LogP contribution is 2.23. The van der Waals surface area contributed by atoms with E-state index in [1.54, 1.807) is 0 Å². The topological polar surface area (TPSA) is 53.0 Å². The van der Waals surface area contributed by atoms with Gasteiger partial charge >= 0.3 is 0 Å². The summed E-state index contributed by atoms with van der Waals surface area (Å²) < 4.78 is 5.51. The van der Waals surface area contributed by atoms with Crippen molar-refractivity contribution in [2.75, 3.05) is 39.4 Å². The number of piperidine rings is 1. The Morgan fingerprint density at radius 1 is 1.24 bits per heavy atom. The average molecular weight is 298 g/mol. The molecule has 0 radical (unpaired) electrons. The first kappa shape index (κ1) is 16.7. The molecule has 2 aliphatic rings. The van der Waals surface area contributed by atoms with E-state index in [9.17, 15) is 9.90 Å². The lowest BCUT2D eigenvalue weighted by Gasteiger charge is -2.42. The van der Waals surface area contributed by atoms with Crippen molar-refractivity contribution in [2.45, 2.75) is 52.2 Å². The van der Waals surface area contributed by atoms with Crippen LogP contribution in [0, 0.1) is 5.41 Å². The molecule has 2 fully saturated rings. The minimum absolute atomic E-state index is 0.0423. The van der Waals surface area contributed by atoms with Crippen LogP contribution in [0.3, 0.4) is 0 Å². The maximum Gasteiger partial charge on any atom is 0.223 e. The third-order valence-corrected chi connectivity index (χ3v) is 4.39. The number of hydrogen-bond acceptors (Lipinski definition) is 4. The molecule has 2 heterocycles. The maximum atomic E-state index is 12.3. The van der Waals surface area contributed by atoms with E-state index in [2.05, 4.69) is 25.7 Å². The second-order valence-electron chi connectivity index (χ2n) is 7.52. The SMILES string of the molecule is CC(C)(C)CC(=O)N1CCC(N2CCO[C@H](CO)C2)CC1. The van der Waals surface area contributed by atoms with Crippen molar-refractivity contribution in [2.24, 2.45) is 5.41 Å². The molecular weight excluding hydrogens is 268 g/mol. The minimum atomic E-state index is -0.0423. The first-order valence-corrected chi connectivity index (χ1v) is 8.13. The predicted octanol–water partition coefficient (Wildman–Crippen LogP) is 1.11. The van der Waals surface area contributed by atoms with Gasteiger partial charge in [-0.3, -0.25) is 9.69 Å². The minimum Gasteiger partial charge on any atom is -0.394 e. The zero-order chi connectivity index (χ0) is 15.5. The Kier molecular flexibility index (Phi) is 5.63. The molecule has 1 N–H and O–H groups in total. The summed E-state index contributed by atoms with van der Waals surface area (Å²) >= 11 is 0. The quantitative estimate of drug-likeness (QED) is 0.848. The molecule has 0 unspecified atom stereocenters. The van der Waals surface area contributed by atoms with Gasteiger partial charge in [-0.1, -0.05) is 20.8 Å². The van der Waals surface area contributed by atoms with E-state index in [-0.39, 0.29) is 24.0 Å². The van der Waals surface area contributed by atoms with Gasteiger partial charge in [0.05, 0.1) is 19.3 Å². The molecule has 0 aromatic carbocycles. The van der Waals surface area contributed by atoms with Crippen LogP contribution < -0.4 is 0 Å². The summed E-state index contributed by atoms with van der Waals surface area (Å²) in [6.07, 6.45) is 2.66. The number of ether oxygens (including phenoxy) is 1. The standard InChI is InChI=1S/C16H30N2O3/c1-16(2,3)10-15(20)17-6-4-13(5-7-17)18-8-9-21-14(11-18)12-19/h13-14,19H,4-12H2,1-3H3/t14-/m0/s1. The molecule has 1 amide bonds. The molecule has 2 saturated heterocycles. The molecule has 21 heavy (non-hydrogen) atoms. The van der Waals surface area contributed by atoms with Crippen LogP contribution in [0.2, 0.25) is 0 Å². The largest absolute Gasteiger partial charge is 0.394 e. The lowest BCUT2D eigenvalue weighted by Crippen LogP contribution is -2.53. The lowest BCUT2D eigenvalue weighted by molar-refractivity contribution is -0.135. The molecule has 0 aromatic rings. The number of carbonyl (C=O) groups is 1. The number of carbonyl (C=O) groups excluding carboxylic acids is 1. The molecular formula is C16H30N2O3. The number of aliphatic hydroxyl groups is 1. The van der Waals surface area contributed by atoms with Crippen molar-refractivity contribution >= 4 is 5.91 Å². The summed E-state index contributed by atoms with van der Waals surface area (Å²) in [5, 5.41) is 9.23. The van der Waals surface area contributed by atoms with Crippen LogP contribution in [0.15, 0.2) is 0 Å². The molecule has 1 atom stereocenters. The predicted molar refractivity (Wildman–Crippen MR) is 82.1 cm³/mol. The summed E-state index contributed by atoms with van der Waals surface area (Å²) in [6, 6.07) is 0.529. The molecule has 2 rings (SSSR count). The van der Waals surface area contributed by atoms with Crippen molar-refractivity contribution in [1.82, 2.24) is 9.80 Å². The summed E-state index contributed by atoms with van der Waals surface area (Å²) in [6.45, 7) is 10.6. The van der Waals surface area contributed by atoms with E-state index >= 15 is 0 Å². The highest BCUT2D eigenvalue weighted by molar-refractivity contribution is 5.76. The molecule has 122 valence electrons. The van der Waals surface area contributed by atoms with E-state index in [0.717, 1.165) is 39.0 Å². The lowest BCUT2D eigenvalue weighted by atomic mass is 9.91. The van der Waals surface area contributed by atoms with E-state index in [1.807, 2.05) is 4.90 Å². The number of likely N-dealkylation sites (tertiary alicyclic amines) is 1. The summed E-state index contributed by atoms with van der Waals surface area (Å²) in [5.74, 6) is 0.288. The van der Waals surface area contributed by atoms with Gasteiger partial charge < -0.3 is 14.7 Å². The third-order valence-electron chi connectivity index (χ3n) is 4.39. The van der Waals surface area contributed by atoms with Gasteiger partial charge in [-0.2, -0.15) is 0 Å². The Hall–Kier alpha value is -0.650. The highest BCUT2D eigenvalue weighted by atomic mass is 16.5. The molecule has 0 saturated carbocycles. The third kappa shape index (κ3) is 4.94. The summed E-state index contributed by atoms with van der Waals surface area (Å²) in [4.78, 5) is 16.7. The fourth-order valence-corrected chi connectivity index (χ4v) is 3.23. The van der Waals surface area contributed by atoms with Gasteiger partial charge in [0.2, 0.25) is 5.91 Å². The second-order valence-corrected chi connectivity index (χ2v) is 7.52. The molecule has 0 aliphatic carbocycles.